The zero-order chi connectivity index (χ0) is 12.4. The number of hydrogen-bond acceptors (Lipinski definition) is 2. The zero-order valence-electron chi connectivity index (χ0n) is 11.0. The van der Waals surface area contributed by atoms with Gasteiger partial charge in [0.15, 0.2) is 0 Å². The minimum absolute atomic E-state index is 0.125. The zero-order valence-corrected chi connectivity index (χ0v) is 11.0. The average Bonchev–Trinajstić information content (AvgIpc) is 2.15. The predicted octanol–water partition coefficient (Wildman–Crippen LogP) is 2.66. The van der Waals surface area contributed by atoms with Crippen LogP contribution in [0.3, 0.4) is 0 Å². The predicted molar refractivity (Wildman–Crippen MR) is 65.5 cm³/mol. The Hall–Kier alpha value is -0.570. The summed E-state index contributed by atoms with van der Waals surface area (Å²) in [4.78, 5) is 11.5. The Morgan fingerprint density at radius 2 is 2.06 bits per heavy atom. The molecular formula is C13H25NO2. The van der Waals surface area contributed by atoms with E-state index >= 15 is 0 Å². The van der Waals surface area contributed by atoms with E-state index in [9.17, 15) is 9.90 Å². The third-order valence-corrected chi connectivity index (χ3v) is 3.62. The Balaban J connectivity index is 2.76. The third kappa shape index (κ3) is 2.97. The fourth-order valence-electron chi connectivity index (χ4n) is 2.43. The quantitative estimate of drug-likeness (QED) is 0.779. The van der Waals surface area contributed by atoms with Crippen molar-refractivity contribution in [2.75, 3.05) is 6.54 Å². The highest BCUT2D eigenvalue weighted by molar-refractivity contribution is 5.79. The van der Waals surface area contributed by atoms with E-state index in [1.165, 1.54) is 0 Å². The molecular weight excluding hydrogens is 202 g/mol. The summed E-state index contributed by atoms with van der Waals surface area (Å²) in [6.45, 7) is 9.20. The molecule has 0 radical (unpaired) electrons. The van der Waals surface area contributed by atoms with Crippen LogP contribution in [0.1, 0.15) is 53.4 Å². The molecule has 0 aliphatic heterocycles. The van der Waals surface area contributed by atoms with Crippen LogP contribution in [0.5, 0.6) is 0 Å². The van der Waals surface area contributed by atoms with Crippen LogP contribution in [-0.4, -0.2) is 23.2 Å². The molecule has 16 heavy (non-hydrogen) atoms. The lowest BCUT2D eigenvalue weighted by Gasteiger charge is -2.41. The smallest absolute Gasteiger partial charge is 0.324 e. The monoisotopic (exact) mass is 227 g/mol. The van der Waals surface area contributed by atoms with E-state index in [1.54, 1.807) is 0 Å². The van der Waals surface area contributed by atoms with Crippen molar-refractivity contribution in [3.05, 3.63) is 0 Å². The molecule has 0 heterocycles. The molecule has 1 fully saturated rings. The number of carboxylic acids is 1. The first kappa shape index (κ1) is 13.5. The Morgan fingerprint density at radius 1 is 1.44 bits per heavy atom. The molecule has 0 saturated heterocycles. The second-order valence-corrected chi connectivity index (χ2v) is 6.34. The van der Waals surface area contributed by atoms with E-state index in [-0.39, 0.29) is 11.3 Å². The van der Waals surface area contributed by atoms with Gasteiger partial charge in [0, 0.05) is 6.54 Å². The first-order valence-corrected chi connectivity index (χ1v) is 6.26. The molecule has 0 amide bonds. The van der Waals surface area contributed by atoms with Crippen molar-refractivity contribution in [1.29, 1.82) is 0 Å². The van der Waals surface area contributed by atoms with Crippen molar-refractivity contribution >= 4 is 5.97 Å². The summed E-state index contributed by atoms with van der Waals surface area (Å²) >= 11 is 0. The fraction of sp³-hybridized carbons (Fsp3) is 0.923. The van der Waals surface area contributed by atoms with E-state index < -0.39 is 11.5 Å². The molecule has 1 aliphatic rings. The number of carboxylic acid groups (broad SMARTS) is 1. The first-order valence-electron chi connectivity index (χ1n) is 6.26. The molecule has 2 atom stereocenters. The van der Waals surface area contributed by atoms with E-state index in [0.717, 1.165) is 32.2 Å². The molecule has 2 N–H and O–H groups in total. The van der Waals surface area contributed by atoms with Crippen molar-refractivity contribution in [1.82, 2.24) is 5.32 Å². The molecule has 0 aromatic heterocycles. The molecule has 0 aromatic rings. The maximum atomic E-state index is 11.5. The van der Waals surface area contributed by atoms with Crippen molar-refractivity contribution in [2.45, 2.75) is 58.9 Å². The van der Waals surface area contributed by atoms with Crippen LogP contribution in [0, 0.1) is 11.3 Å². The number of hydrogen-bond donors (Lipinski definition) is 2. The molecule has 1 rings (SSSR count). The molecule has 0 spiro atoms. The van der Waals surface area contributed by atoms with Gasteiger partial charge in [0.05, 0.1) is 0 Å². The van der Waals surface area contributed by atoms with E-state index in [2.05, 4.69) is 33.0 Å². The van der Waals surface area contributed by atoms with E-state index in [4.69, 9.17) is 0 Å². The van der Waals surface area contributed by atoms with Gasteiger partial charge in [-0.2, -0.15) is 0 Å². The van der Waals surface area contributed by atoms with Gasteiger partial charge in [0.2, 0.25) is 0 Å². The van der Waals surface area contributed by atoms with Gasteiger partial charge in [0.1, 0.15) is 5.54 Å². The Labute approximate surface area is 98.6 Å². The highest BCUT2D eigenvalue weighted by Gasteiger charge is 2.45. The first-order chi connectivity index (χ1) is 7.28. The summed E-state index contributed by atoms with van der Waals surface area (Å²) in [5.74, 6) is -0.454. The van der Waals surface area contributed by atoms with Gasteiger partial charge < -0.3 is 10.4 Å². The highest BCUT2D eigenvalue weighted by Crippen LogP contribution is 2.34. The van der Waals surface area contributed by atoms with Crippen molar-refractivity contribution < 1.29 is 9.90 Å². The highest BCUT2D eigenvalue weighted by atomic mass is 16.4. The third-order valence-electron chi connectivity index (χ3n) is 3.62. The lowest BCUT2D eigenvalue weighted by Crippen LogP contribution is -2.59. The summed E-state index contributed by atoms with van der Waals surface area (Å²) < 4.78 is 0. The lowest BCUT2D eigenvalue weighted by atomic mass is 9.73. The van der Waals surface area contributed by atoms with Gasteiger partial charge in [-0.1, -0.05) is 40.5 Å². The molecule has 0 bridgehead atoms. The van der Waals surface area contributed by atoms with Gasteiger partial charge in [-0.15, -0.1) is 0 Å². The Kier molecular flexibility index (Phi) is 4.00. The van der Waals surface area contributed by atoms with Gasteiger partial charge in [-0.25, -0.2) is 0 Å². The number of carbonyl (C=O) groups is 1. The van der Waals surface area contributed by atoms with Gasteiger partial charge in [0.25, 0.3) is 0 Å². The van der Waals surface area contributed by atoms with Crippen molar-refractivity contribution in [3.63, 3.8) is 0 Å². The van der Waals surface area contributed by atoms with Crippen LogP contribution in [-0.2, 0) is 4.79 Å². The van der Waals surface area contributed by atoms with Crippen LogP contribution in [0.4, 0.5) is 0 Å². The summed E-state index contributed by atoms with van der Waals surface area (Å²) in [7, 11) is 0. The molecule has 0 aromatic carbocycles. The van der Waals surface area contributed by atoms with Crippen LogP contribution in [0.25, 0.3) is 0 Å². The lowest BCUT2D eigenvalue weighted by molar-refractivity contribution is -0.149. The molecule has 3 heteroatoms. The van der Waals surface area contributed by atoms with Gasteiger partial charge in [-0.05, 0) is 24.2 Å². The van der Waals surface area contributed by atoms with E-state index in [1.807, 2.05) is 0 Å². The normalized spacial score (nSPS) is 31.4. The van der Waals surface area contributed by atoms with Crippen molar-refractivity contribution in [2.24, 2.45) is 11.3 Å². The summed E-state index contributed by atoms with van der Waals surface area (Å²) in [6.07, 6.45) is 3.96. The molecule has 3 nitrogen and oxygen atoms in total. The SMILES string of the molecule is CC1CCCCC1(NCC(C)(C)C)C(=O)O. The molecule has 2 unspecified atom stereocenters. The summed E-state index contributed by atoms with van der Waals surface area (Å²) in [6, 6.07) is 0. The summed E-state index contributed by atoms with van der Waals surface area (Å²) in [5.41, 5.74) is -0.564. The average molecular weight is 227 g/mol. The molecule has 1 aliphatic carbocycles. The number of aliphatic carboxylic acids is 1. The summed E-state index contributed by atoms with van der Waals surface area (Å²) in [5, 5.41) is 12.8. The maximum absolute atomic E-state index is 11.5. The second kappa shape index (κ2) is 4.74. The Bertz CT molecular complexity index is 257. The molecule has 94 valence electrons. The number of nitrogens with one attached hydrogen (secondary N) is 1. The minimum atomic E-state index is -0.689. The second-order valence-electron chi connectivity index (χ2n) is 6.34. The van der Waals surface area contributed by atoms with Gasteiger partial charge >= 0.3 is 5.97 Å². The Morgan fingerprint density at radius 3 is 2.50 bits per heavy atom. The van der Waals surface area contributed by atoms with Crippen LogP contribution >= 0.6 is 0 Å². The minimum Gasteiger partial charge on any atom is -0.480 e. The van der Waals surface area contributed by atoms with Crippen LogP contribution in [0.15, 0.2) is 0 Å². The largest absolute Gasteiger partial charge is 0.480 e. The van der Waals surface area contributed by atoms with Gasteiger partial charge in [-0.3, -0.25) is 4.79 Å². The molecule has 1 saturated carbocycles. The maximum Gasteiger partial charge on any atom is 0.324 e. The number of rotatable bonds is 3. The standard InChI is InChI=1S/C13H25NO2/c1-10-7-5-6-8-13(10,11(15)16)14-9-12(2,3)4/h10,14H,5-9H2,1-4H3,(H,15,16). The van der Waals surface area contributed by atoms with Crippen LogP contribution < -0.4 is 5.32 Å². The van der Waals surface area contributed by atoms with Crippen LogP contribution in [0.2, 0.25) is 0 Å². The van der Waals surface area contributed by atoms with E-state index in [0.29, 0.717) is 0 Å². The topological polar surface area (TPSA) is 49.3 Å². The van der Waals surface area contributed by atoms with Crippen molar-refractivity contribution in [3.8, 4) is 0 Å². The fourth-order valence-corrected chi connectivity index (χ4v) is 2.43.